The summed E-state index contributed by atoms with van der Waals surface area (Å²) in [4.78, 5) is 18.1. The molecular weight excluding hydrogens is 240 g/mol. The molecule has 106 valence electrons. The summed E-state index contributed by atoms with van der Waals surface area (Å²) in [6, 6.07) is 4.02. The standard InChI is InChI=1S/C14H24N4O/c1-5-11(2)17-13-7-6-12(10-16-13)14(19)15-8-9-18(3)4/h6-7,10-11H,5,8-9H2,1-4H3,(H,15,19)(H,16,17). The van der Waals surface area contributed by atoms with E-state index in [1.165, 1.54) is 0 Å². The average molecular weight is 264 g/mol. The molecule has 0 aliphatic heterocycles. The molecule has 5 nitrogen and oxygen atoms in total. The minimum atomic E-state index is -0.0792. The van der Waals surface area contributed by atoms with Gasteiger partial charge in [-0.2, -0.15) is 0 Å². The number of nitrogens with zero attached hydrogens (tertiary/aromatic N) is 2. The van der Waals surface area contributed by atoms with E-state index in [-0.39, 0.29) is 5.91 Å². The Morgan fingerprint density at radius 3 is 2.68 bits per heavy atom. The highest BCUT2D eigenvalue weighted by Crippen LogP contribution is 2.07. The normalized spacial score (nSPS) is 12.3. The molecule has 5 heteroatoms. The summed E-state index contributed by atoms with van der Waals surface area (Å²) in [6.45, 7) is 5.68. The lowest BCUT2D eigenvalue weighted by molar-refractivity contribution is 0.0950. The lowest BCUT2D eigenvalue weighted by atomic mass is 10.2. The van der Waals surface area contributed by atoms with Crippen LogP contribution in [0.5, 0.6) is 0 Å². The van der Waals surface area contributed by atoms with Gasteiger partial charge in [-0.15, -0.1) is 0 Å². The Hall–Kier alpha value is -1.62. The molecule has 1 aromatic heterocycles. The van der Waals surface area contributed by atoms with Gasteiger partial charge in [0.2, 0.25) is 0 Å². The molecule has 0 bridgehead atoms. The Balaban J connectivity index is 2.48. The number of likely N-dealkylation sites (N-methyl/N-ethyl adjacent to an activating group) is 1. The maximum absolute atomic E-state index is 11.8. The third kappa shape index (κ3) is 5.70. The molecule has 1 rings (SSSR count). The van der Waals surface area contributed by atoms with Crippen LogP contribution in [0.3, 0.4) is 0 Å². The first-order chi connectivity index (χ1) is 9.02. The van der Waals surface area contributed by atoms with Crippen molar-refractivity contribution < 1.29 is 4.79 Å². The van der Waals surface area contributed by atoms with Crippen LogP contribution in [-0.4, -0.2) is 49.0 Å². The highest BCUT2D eigenvalue weighted by atomic mass is 16.1. The van der Waals surface area contributed by atoms with Crippen LogP contribution in [0.15, 0.2) is 18.3 Å². The van der Waals surface area contributed by atoms with E-state index in [0.29, 0.717) is 18.2 Å². The number of hydrogen-bond acceptors (Lipinski definition) is 4. The van der Waals surface area contributed by atoms with Gasteiger partial charge in [-0.3, -0.25) is 4.79 Å². The maximum atomic E-state index is 11.8. The van der Waals surface area contributed by atoms with Gasteiger partial charge in [0.1, 0.15) is 5.82 Å². The topological polar surface area (TPSA) is 57.3 Å². The number of pyridine rings is 1. The van der Waals surface area contributed by atoms with Gasteiger partial charge >= 0.3 is 0 Å². The number of carbonyl (C=O) groups is 1. The molecule has 0 aliphatic rings. The number of aromatic nitrogens is 1. The summed E-state index contributed by atoms with van der Waals surface area (Å²) in [6.07, 6.45) is 2.64. The monoisotopic (exact) mass is 264 g/mol. The van der Waals surface area contributed by atoms with Crippen LogP contribution in [-0.2, 0) is 0 Å². The second-order valence-corrected chi connectivity index (χ2v) is 4.94. The van der Waals surface area contributed by atoms with E-state index < -0.39 is 0 Å². The van der Waals surface area contributed by atoms with Gasteiger partial charge in [0.25, 0.3) is 5.91 Å². The summed E-state index contributed by atoms with van der Waals surface area (Å²) in [5.74, 6) is 0.726. The van der Waals surface area contributed by atoms with Crippen molar-refractivity contribution in [3.05, 3.63) is 23.9 Å². The molecule has 0 saturated carbocycles. The second-order valence-electron chi connectivity index (χ2n) is 4.94. The van der Waals surface area contributed by atoms with Crippen molar-refractivity contribution in [3.8, 4) is 0 Å². The fraction of sp³-hybridized carbons (Fsp3) is 0.571. The molecule has 1 atom stereocenters. The lowest BCUT2D eigenvalue weighted by Gasteiger charge is -2.12. The SMILES string of the molecule is CCC(C)Nc1ccc(C(=O)NCCN(C)C)cn1. The van der Waals surface area contributed by atoms with E-state index in [0.717, 1.165) is 18.8 Å². The predicted octanol–water partition coefficient (Wildman–Crippen LogP) is 1.58. The molecule has 0 saturated heterocycles. The minimum absolute atomic E-state index is 0.0792. The Morgan fingerprint density at radius 2 is 2.16 bits per heavy atom. The Morgan fingerprint density at radius 1 is 1.42 bits per heavy atom. The van der Waals surface area contributed by atoms with Crippen LogP contribution in [0.4, 0.5) is 5.82 Å². The molecule has 1 aromatic rings. The van der Waals surface area contributed by atoms with Crippen LogP contribution in [0, 0.1) is 0 Å². The summed E-state index contributed by atoms with van der Waals surface area (Å²) in [5.41, 5.74) is 0.591. The number of amides is 1. The number of anilines is 1. The van der Waals surface area contributed by atoms with Gasteiger partial charge in [0.15, 0.2) is 0 Å². The smallest absolute Gasteiger partial charge is 0.252 e. The first kappa shape index (κ1) is 15.4. The average Bonchev–Trinajstić information content (AvgIpc) is 2.38. The summed E-state index contributed by atoms with van der Waals surface area (Å²) in [7, 11) is 3.95. The molecule has 0 fully saturated rings. The fourth-order valence-corrected chi connectivity index (χ4v) is 1.46. The molecule has 1 heterocycles. The second kappa shape index (κ2) is 7.74. The van der Waals surface area contributed by atoms with Gasteiger partial charge in [0.05, 0.1) is 5.56 Å². The fourth-order valence-electron chi connectivity index (χ4n) is 1.46. The lowest BCUT2D eigenvalue weighted by Crippen LogP contribution is -2.31. The number of rotatable bonds is 7. The summed E-state index contributed by atoms with van der Waals surface area (Å²) < 4.78 is 0. The number of nitrogens with one attached hydrogen (secondary N) is 2. The summed E-state index contributed by atoms with van der Waals surface area (Å²) in [5, 5.41) is 6.13. The molecule has 1 unspecified atom stereocenters. The molecule has 1 amide bonds. The van der Waals surface area contributed by atoms with E-state index >= 15 is 0 Å². The van der Waals surface area contributed by atoms with Crippen LogP contribution < -0.4 is 10.6 Å². The Bertz CT molecular complexity index is 389. The molecule has 0 aromatic carbocycles. The van der Waals surface area contributed by atoms with Crippen molar-refractivity contribution >= 4 is 11.7 Å². The van der Waals surface area contributed by atoms with Crippen LogP contribution >= 0.6 is 0 Å². The zero-order chi connectivity index (χ0) is 14.3. The van der Waals surface area contributed by atoms with E-state index in [2.05, 4.69) is 29.5 Å². The Labute approximate surface area is 115 Å². The van der Waals surface area contributed by atoms with E-state index in [9.17, 15) is 4.79 Å². The highest BCUT2D eigenvalue weighted by Gasteiger charge is 2.06. The highest BCUT2D eigenvalue weighted by molar-refractivity contribution is 5.94. The molecule has 0 spiro atoms. The third-order valence-corrected chi connectivity index (χ3v) is 2.88. The van der Waals surface area contributed by atoms with Crippen LogP contribution in [0.1, 0.15) is 30.6 Å². The largest absolute Gasteiger partial charge is 0.368 e. The van der Waals surface area contributed by atoms with Crippen molar-refractivity contribution in [1.82, 2.24) is 15.2 Å². The quantitative estimate of drug-likeness (QED) is 0.785. The van der Waals surface area contributed by atoms with Crippen LogP contribution in [0.25, 0.3) is 0 Å². The van der Waals surface area contributed by atoms with Crippen molar-refractivity contribution in [2.75, 3.05) is 32.5 Å². The van der Waals surface area contributed by atoms with E-state index in [1.54, 1.807) is 12.3 Å². The van der Waals surface area contributed by atoms with Crippen LogP contribution in [0.2, 0.25) is 0 Å². The first-order valence-electron chi connectivity index (χ1n) is 6.68. The molecular formula is C14H24N4O. The maximum Gasteiger partial charge on any atom is 0.252 e. The zero-order valence-corrected chi connectivity index (χ0v) is 12.2. The molecule has 0 aliphatic carbocycles. The molecule has 0 radical (unpaired) electrons. The van der Waals surface area contributed by atoms with Gasteiger partial charge in [0, 0.05) is 25.3 Å². The van der Waals surface area contributed by atoms with E-state index in [4.69, 9.17) is 0 Å². The first-order valence-corrected chi connectivity index (χ1v) is 6.68. The van der Waals surface area contributed by atoms with Gasteiger partial charge in [-0.25, -0.2) is 4.98 Å². The van der Waals surface area contributed by atoms with Crippen molar-refractivity contribution in [2.45, 2.75) is 26.3 Å². The summed E-state index contributed by atoms with van der Waals surface area (Å²) >= 11 is 0. The Kier molecular flexibility index (Phi) is 6.29. The van der Waals surface area contributed by atoms with Crippen molar-refractivity contribution in [1.29, 1.82) is 0 Å². The minimum Gasteiger partial charge on any atom is -0.368 e. The predicted molar refractivity (Wildman–Crippen MR) is 78.5 cm³/mol. The number of hydrogen-bond donors (Lipinski definition) is 2. The zero-order valence-electron chi connectivity index (χ0n) is 12.2. The third-order valence-electron chi connectivity index (χ3n) is 2.88. The number of carbonyl (C=O) groups excluding carboxylic acids is 1. The van der Waals surface area contributed by atoms with Crippen molar-refractivity contribution in [2.24, 2.45) is 0 Å². The molecule has 19 heavy (non-hydrogen) atoms. The van der Waals surface area contributed by atoms with E-state index in [1.807, 2.05) is 25.1 Å². The van der Waals surface area contributed by atoms with Gasteiger partial charge in [-0.05, 0) is 39.6 Å². The van der Waals surface area contributed by atoms with Gasteiger partial charge in [-0.1, -0.05) is 6.92 Å². The van der Waals surface area contributed by atoms with Crippen molar-refractivity contribution in [3.63, 3.8) is 0 Å². The van der Waals surface area contributed by atoms with Gasteiger partial charge < -0.3 is 15.5 Å². The molecule has 2 N–H and O–H groups in total.